The van der Waals surface area contributed by atoms with Crippen LogP contribution < -0.4 is 10.6 Å². The second kappa shape index (κ2) is 23.8. The molecule has 0 unspecified atom stereocenters. The third-order valence-electron chi connectivity index (χ3n) is 11.9. The number of nitrogens with one attached hydrogen (secondary N) is 3. The molecule has 7 rings (SSSR count). The van der Waals surface area contributed by atoms with Crippen LogP contribution >= 0.6 is 31.9 Å². The van der Waals surface area contributed by atoms with Crippen molar-refractivity contribution in [1.82, 2.24) is 64.4 Å². The number of fused-ring (bicyclic) bond motifs is 3. The van der Waals surface area contributed by atoms with E-state index in [0.717, 1.165) is 17.7 Å². The number of rotatable bonds is 16. The monoisotopic (exact) mass is 1150 g/mol. The number of aryl methyl sites for hydroxylation is 1. The van der Waals surface area contributed by atoms with Crippen LogP contribution in [-0.2, 0) is 30.0 Å². The molecule has 72 heavy (non-hydrogen) atoms. The molecule has 7 aromatic rings. The maximum Gasteiger partial charge on any atom is 0.339 e. The first-order valence-electron chi connectivity index (χ1n) is 23.8. The minimum atomic E-state index is -1.14. The number of aromatic carboxylic acids is 1. The highest BCUT2D eigenvalue weighted by Gasteiger charge is 2.27. The quantitative estimate of drug-likeness (QED) is 0.0521. The van der Waals surface area contributed by atoms with Crippen LogP contribution in [-0.4, -0.2) is 118 Å². The standard InChI is InChI=1S/C19H31BrN4O2Si.C17H22N6O.C13H18BrN3O3Si/c1-13(19(2,3)4)22-18(25)14-11-24(12-26-8-9-27(5,6)7)17-16(14)23-15(20)10-21-17;1-10(17(2,3)4)21-16(24)12-7-18-15-14(12)22-13(8-19-15)11-6-20-23(5)9-11;1-21(2,3)5-4-20-8-17-7-9(13(18)19)11-12(17)15-6-10(14)16-11/h10-11,13H,8-9,12H2,1-7H3,(H,22,25);6-10H,1-5H3,(H,18,19)(H,21,24);6-7H,4-5,8H2,1-3H3,(H,18,19)/t13-;10-;/m00./s1. The third kappa shape index (κ3) is 16.1. The second-order valence-electron chi connectivity index (χ2n) is 22.4. The number of carbonyl (C=O) groups is 3. The van der Waals surface area contributed by atoms with E-state index < -0.39 is 22.1 Å². The van der Waals surface area contributed by atoms with Crippen molar-refractivity contribution in [2.75, 3.05) is 13.2 Å². The molecule has 0 fully saturated rings. The lowest BCUT2D eigenvalue weighted by Crippen LogP contribution is -2.41. The van der Waals surface area contributed by atoms with Gasteiger partial charge in [0.25, 0.3) is 11.8 Å². The van der Waals surface area contributed by atoms with E-state index in [0.29, 0.717) is 79.5 Å². The highest BCUT2D eigenvalue weighted by molar-refractivity contribution is 9.10. The fourth-order valence-electron chi connectivity index (χ4n) is 6.40. The van der Waals surface area contributed by atoms with Gasteiger partial charge in [0.15, 0.2) is 16.9 Å². The lowest BCUT2D eigenvalue weighted by atomic mass is 9.88. The molecule has 0 bridgehead atoms. The van der Waals surface area contributed by atoms with Gasteiger partial charge in [-0.15, -0.1) is 0 Å². The number of aromatic amines is 1. The van der Waals surface area contributed by atoms with Gasteiger partial charge in [0, 0.05) is 78.8 Å². The summed E-state index contributed by atoms with van der Waals surface area (Å²) in [6, 6.07) is 2.22. The van der Waals surface area contributed by atoms with E-state index in [1.807, 2.05) is 31.7 Å². The molecule has 2 atom stereocenters. The first-order chi connectivity index (χ1) is 33.4. The Labute approximate surface area is 440 Å². The molecule has 2 amide bonds. The van der Waals surface area contributed by atoms with Crippen molar-refractivity contribution < 1.29 is 29.0 Å². The number of hydrogen-bond donors (Lipinski definition) is 4. The number of carbonyl (C=O) groups excluding carboxylic acids is 2. The Hall–Kier alpha value is -5.21. The number of aromatic nitrogens is 11. The molecule has 7 heterocycles. The van der Waals surface area contributed by atoms with E-state index in [4.69, 9.17) is 9.47 Å². The van der Waals surface area contributed by atoms with Gasteiger partial charge in [-0.1, -0.05) is 80.8 Å². The van der Waals surface area contributed by atoms with Gasteiger partial charge < -0.3 is 39.3 Å². The van der Waals surface area contributed by atoms with Gasteiger partial charge >= 0.3 is 5.97 Å². The number of amides is 2. The molecule has 0 saturated heterocycles. The molecule has 0 saturated carbocycles. The number of halogens is 2. The first kappa shape index (κ1) is 57.7. The van der Waals surface area contributed by atoms with Gasteiger partial charge in [0.1, 0.15) is 44.8 Å². The Bertz CT molecular complexity index is 3000. The summed E-state index contributed by atoms with van der Waals surface area (Å²) in [5.74, 6) is -1.31. The van der Waals surface area contributed by atoms with Crippen molar-refractivity contribution in [3.05, 3.63) is 75.5 Å². The minimum absolute atomic E-state index is 0.0195. The van der Waals surface area contributed by atoms with Crippen molar-refractivity contribution in [3.63, 3.8) is 0 Å². The normalized spacial score (nSPS) is 13.1. The van der Waals surface area contributed by atoms with E-state index in [9.17, 15) is 19.5 Å². The van der Waals surface area contributed by atoms with Gasteiger partial charge in [-0.25, -0.2) is 34.7 Å². The molecule has 0 aliphatic heterocycles. The van der Waals surface area contributed by atoms with Crippen molar-refractivity contribution in [2.45, 2.75) is 132 Å². The minimum Gasteiger partial charge on any atom is -0.478 e. The zero-order valence-corrected chi connectivity index (χ0v) is 49.4. The van der Waals surface area contributed by atoms with E-state index in [2.05, 4.69) is 163 Å². The molecule has 0 spiro atoms. The van der Waals surface area contributed by atoms with Gasteiger partial charge in [-0.2, -0.15) is 5.10 Å². The van der Waals surface area contributed by atoms with Gasteiger partial charge in [-0.3, -0.25) is 14.3 Å². The molecule has 0 aliphatic carbocycles. The van der Waals surface area contributed by atoms with Crippen LogP contribution in [0.15, 0.2) is 58.8 Å². The molecule has 390 valence electrons. The number of carboxylic acids is 1. The molecule has 23 heteroatoms. The predicted octanol–water partition coefficient (Wildman–Crippen LogP) is 10.4. The average Bonchev–Trinajstić information content (AvgIpc) is 4.07. The number of nitrogens with zero attached hydrogens (tertiary/aromatic N) is 10. The van der Waals surface area contributed by atoms with Crippen molar-refractivity contribution in [3.8, 4) is 11.3 Å². The third-order valence-corrected chi connectivity index (χ3v) is 16.1. The van der Waals surface area contributed by atoms with Crippen LogP contribution in [0, 0.1) is 10.8 Å². The maximum absolute atomic E-state index is 12.9. The summed E-state index contributed by atoms with van der Waals surface area (Å²) in [5, 5.41) is 19.5. The largest absolute Gasteiger partial charge is 0.478 e. The average molecular weight is 1150 g/mol. The zero-order chi connectivity index (χ0) is 53.5. The molecule has 4 N–H and O–H groups in total. The molecular weight excluding hydrogens is 1080 g/mol. The molecule has 7 aromatic heterocycles. The SMILES string of the molecule is C[C@H](NC(=O)c1c[nH]c2ncc(-c3cnn(C)c3)nc12)C(C)(C)C.C[C@H](NC(=O)c1cn(COCC[Si](C)(C)C)c2ncc(Br)nc12)C(C)(C)C.C[Si](C)(C)CCOCn1cc(C(=O)O)c2nc(Br)cnc21. The topological polar surface area (TPSA) is 235 Å². The summed E-state index contributed by atoms with van der Waals surface area (Å²) in [4.78, 5) is 66.1. The Kier molecular flexibility index (Phi) is 19.0. The highest BCUT2D eigenvalue weighted by atomic mass is 79.9. The molecular formula is C49H71Br2N13O6Si2. The molecule has 0 radical (unpaired) electrons. The number of ether oxygens (including phenoxy) is 2. The van der Waals surface area contributed by atoms with Crippen LogP contribution in [0.25, 0.3) is 44.7 Å². The van der Waals surface area contributed by atoms with Crippen molar-refractivity contribution in [1.29, 1.82) is 0 Å². The Morgan fingerprint density at radius 1 is 0.681 bits per heavy atom. The summed E-state index contributed by atoms with van der Waals surface area (Å²) in [6.07, 6.45) is 13.4. The van der Waals surface area contributed by atoms with Crippen LogP contribution in [0.3, 0.4) is 0 Å². The lowest BCUT2D eigenvalue weighted by Gasteiger charge is -2.27. The second-order valence-corrected chi connectivity index (χ2v) is 35.3. The Morgan fingerprint density at radius 2 is 1.15 bits per heavy atom. The highest BCUT2D eigenvalue weighted by Crippen LogP contribution is 2.26. The number of hydrogen-bond acceptors (Lipinski definition) is 12. The molecule has 0 aliphatic rings. The lowest BCUT2D eigenvalue weighted by molar-refractivity contribution is 0.0695. The Balaban J connectivity index is 0.000000202. The summed E-state index contributed by atoms with van der Waals surface area (Å²) in [7, 11) is -0.424. The smallest absolute Gasteiger partial charge is 0.339 e. The van der Waals surface area contributed by atoms with Crippen LogP contribution in [0.5, 0.6) is 0 Å². The van der Waals surface area contributed by atoms with Gasteiger partial charge in [0.2, 0.25) is 0 Å². The van der Waals surface area contributed by atoms with Crippen LogP contribution in [0.2, 0.25) is 51.4 Å². The molecule has 0 aromatic carbocycles. The summed E-state index contributed by atoms with van der Waals surface area (Å²) in [6.45, 7) is 32.4. The molecule has 19 nitrogen and oxygen atoms in total. The predicted molar refractivity (Wildman–Crippen MR) is 294 cm³/mol. The Morgan fingerprint density at radius 3 is 1.60 bits per heavy atom. The van der Waals surface area contributed by atoms with E-state index in [1.165, 1.54) is 6.20 Å². The van der Waals surface area contributed by atoms with Crippen molar-refractivity contribution in [2.24, 2.45) is 17.9 Å². The van der Waals surface area contributed by atoms with E-state index in [1.54, 1.807) is 46.4 Å². The van der Waals surface area contributed by atoms with Crippen molar-refractivity contribution >= 4 is 99.3 Å². The first-order valence-corrected chi connectivity index (χ1v) is 32.8. The van der Waals surface area contributed by atoms with Crippen LogP contribution in [0.1, 0.15) is 86.5 Å². The van der Waals surface area contributed by atoms with Gasteiger partial charge in [0.05, 0.1) is 41.6 Å². The summed E-state index contributed by atoms with van der Waals surface area (Å²) >= 11 is 6.56. The van der Waals surface area contributed by atoms with E-state index >= 15 is 0 Å². The summed E-state index contributed by atoms with van der Waals surface area (Å²) < 4.78 is 17.9. The van der Waals surface area contributed by atoms with E-state index in [-0.39, 0.29) is 47.0 Å². The van der Waals surface area contributed by atoms with Gasteiger partial charge in [-0.05, 0) is 68.6 Å². The number of carboxylic acid groups (broad SMARTS) is 1. The summed E-state index contributed by atoms with van der Waals surface area (Å²) in [5.41, 5.74) is 5.93. The fraction of sp³-hybridized carbons (Fsp3) is 0.510. The fourth-order valence-corrected chi connectivity index (χ4v) is 8.47. The zero-order valence-electron chi connectivity index (χ0n) is 44.2. The van der Waals surface area contributed by atoms with Crippen LogP contribution in [0.4, 0.5) is 0 Å². The number of H-pyrrole nitrogens is 1. The maximum atomic E-state index is 12.9.